The monoisotopic (exact) mass is 216 g/mol. The van der Waals surface area contributed by atoms with Crippen molar-refractivity contribution in [2.24, 2.45) is 0 Å². The van der Waals surface area contributed by atoms with E-state index in [0.717, 1.165) is 24.0 Å². The molecule has 0 spiro atoms. The number of nitrogens with two attached hydrogens (primary N) is 1. The molecule has 2 nitrogen and oxygen atoms in total. The Morgan fingerprint density at radius 3 is 2.50 bits per heavy atom. The van der Waals surface area contributed by atoms with Crippen molar-refractivity contribution in [3.8, 4) is 0 Å². The Morgan fingerprint density at radius 1 is 1.06 bits per heavy atom. The summed E-state index contributed by atoms with van der Waals surface area (Å²) in [5, 5.41) is 0. The van der Waals surface area contributed by atoms with E-state index in [4.69, 9.17) is 5.73 Å². The van der Waals surface area contributed by atoms with Crippen molar-refractivity contribution >= 4 is 5.82 Å². The second-order valence-electron chi connectivity index (χ2n) is 3.67. The third-order valence-electron chi connectivity index (χ3n) is 2.52. The molecule has 2 rings (SSSR count). The highest BCUT2D eigenvalue weighted by molar-refractivity contribution is 5.38. The summed E-state index contributed by atoms with van der Waals surface area (Å²) in [5.41, 5.74) is 7.87. The normalized spacial score (nSPS) is 10.3. The van der Waals surface area contributed by atoms with Crippen LogP contribution >= 0.6 is 0 Å². The molecule has 0 aliphatic rings. The first kappa shape index (κ1) is 10.6. The summed E-state index contributed by atoms with van der Waals surface area (Å²) in [6, 6.07) is 10.4. The second-order valence-corrected chi connectivity index (χ2v) is 3.67. The van der Waals surface area contributed by atoms with Gasteiger partial charge in [0.1, 0.15) is 11.6 Å². The van der Waals surface area contributed by atoms with Crippen molar-refractivity contribution < 1.29 is 4.39 Å². The lowest BCUT2D eigenvalue weighted by Gasteiger charge is -2.04. The number of hydrogen-bond acceptors (Lipinski definition) is 2. The molecule has 0 aliphatic heterocycles. The van der Waals surface area contributed by atoms with Gasteiger partial charge in [0.05, 0.1) is 0 Å². The Bertz CT molecular complexity index is 466. The van der Waals surface area contributed by atoms with Crippen LogP contribution in [0.2, 0.25) is 0 Å². The lowest BCUT2D eigenvalue weighted by molar-refractivity contribution is 0.627. The average molecular weight is 216 g/mol. The molecule has 2 aromatic rings. The van der Waals surface area contributed by atoms with E-state index in [1.807, 2.05) is 12.1 Å². The Balaban J connectivity index is 2.02. The SMILES string of the molecule is Nc1ncccc1CCc1ccc(F)cc1. The highest BCUT2D eigenvalue weighted by atomic mass is 19.1. The number of halogens is 1. The van der Waals surface area contributed by atoms with E-state index in [0.29, 0.717) is 5.82 Å². The van der Waals surface area contributed by atoms with E-state index >= 15 is 0 Å². The maximum Gasteiger partial charge on any atom is 0.126 e. The molecular weight excluding hydrogens is 203 g/mol. The molecular formula is C13H13FN2. The number of anilines is 1. The van der Waals surface area contributed by atoms with Crippen molar-refractivity contribution in [3.63, 3.8) is 0 Å². The molecule has 0 amide bonds. The number of aromatic nitrogens is 1. The van der Waals surface area contributed by atoms with Gasteiger partial charge < -0.3 is 5.73 Å². The van der Waals surface area contributed by atoms with Gasteiger partial charge in [0.15, 0.2) is 0 Å². The van der Waals surface area contributed by atoms with Crippen LogP contribution in [-0.4, -0.2) is 4.98 Å². The van der Waals surface area contributed by atoms with Crippen LogP contribution in [0.15, 0.2) is 42.6 Å². The summed E-state index contributed by atoms with van der Waals surface area (Å²) >= 11 is 0. The van der Waals surface area contributed by atoms with Crippen molar-refractivity contribution in [3.05, 3.63) is 59.5 Å². The topological polar surface area (TPSA) is 38.9 Å². The van der Waals surface area contributed by atoms with Crippen LogP contribution in [0.25, 0.3) is 0 Å². The van der Waals surface area contributed by atoms with Crippen LogP contribution < -0.4 is 5.73 Å². The third-order valence-corrected chi connectivity index (χ3v) is 2.52. The minimum Gasteiger partial charge on any atom is -0.383 e. The minimum atomic E-state index is -0.204. The van der Waals surface area contributed by atoms with Crippen LogP contribution in [-0.2, 0) is 12.8 Å². The number of rotatable bonds is 3. The molecule has 2 N–H and O–H groups in total. The lowest BCUT2D eigenvalue weighted by Crippen LogP contribution is -1.99. The Morgan fingerprint density at radius 2 is 1.81 bits per heavy atom. The molecule has 1 aromatic carbocycles. The number of benzene rings is 1. The van der Waals surface area contributed by atoms with Crippen molar-refractivity contribution in [1.29, 1.82) is 0 Å². The molecule has 0 aliphatic carbocycles. The summed E-state index contributed by atoms with van der Waals surface area (Å²) < 4.78 is 12.7. The maximum absolute atomic E-state index is 12.7. The second kappa shape index (κ2) is 4.75. The summed E-state index contributed by atoms with van der Waals surface area (Å²) in [6.07, 6.45) is 3.35. The van der Waals surface area contributed by atoms with Gasteiger partial charge in [-0.1, -0.05) is 18.2 Å². The summed E-state index contributed by atoms with van der Waals surface area (Å²) in [4.78, 5) is 4.02. The Labute approximate surface area is 93.9 Å². The highest BCUT2D eigenvalue weighted by Crippen LogP contribution is 2.12. The summed E-state index contributed by atoms with van der Waals surface area (Å²) in [6.45, 7) is 0. The number of pyridine rings is 1. The Kier molecular flexibility index (Phi) is 3.15. The number of nitrogen functional groups attached to an aromatic ring is 1. The fourth-order valence-electron chi connectivity index (χ4n) is 1.59. The van der Waals surface area contributed by atoms with E-state index in [1.54, 1.807) is 18.3 Å². The zero-order valence-electron chi connectivity index (χ0n) is 8.86. The molecule has 1 aromatic heterocycles. The van der Waals surface area contributed by atoms with Gasteiger partial charge >= 0.3 is 0 Å². The van der Waals surface area contributed by atoms with Gasteiger partial charge in [-0.05, 0) is 42.2 Å². The fourth-order valence-corrected chi connectivity index (χ4v) is 1.59. The van der Waals surface area contributed by atoms with Crippen LogP contribution in [0.5, 0.6) is 0 Å². The van der Waals surface area contributed by atoms with Gasteiger partial charge in [0.25, 0.3) is 0 Å². The summed E-state index contributed by atoms with van der Waals surface area (Å²) in [7, 11) is 0. The van der Waals surface area contributed by atoms with E-state index < -0.39 is 0 Å². The third kappa shape index (κ3) is 2.57. The fraction of sp³-hybridized carbons (Fsp3) is 0.154. The van der Waals surface area contributed by atoms with Crippen LogP contribution in [0.3, 0.4) is 0 Å². The Hall–Kier alpha value is -1.90. The number of hydrogen-bond donors (Lipinski definition) is 1. The molecule has 16 heavy (non-hydrogen) atoms. The predicted molar refractivity (Wildman–Crippen MR) is 62.5 cm³/mol. The van der Waals surface area contributed by atoms with Crippen molar-refractivity contribution in [2.75, 3.05) is 5.73 Å². The van der Waals surface area contributed by atoms with Gasteiger partial charge in [-0.15, -0.1) is 0 Å². The molecule has 0 saturated heterocycles. The molecule has 0 fully saturated rings. The smallest absolute Gasteiger partial charge is 0.126 e. The van der Waals surface area contributed by atoms with Gasteiger partial charge in [-0.2, -0.15) is 0 Å². The quantitative estimate of drug-likeness (QED) is 0.856. The van der Waals surface area contributed by atoms with E-state index in [-0.39, 0.29) is 5.82 Å². The van der Waals surface area contributed by atoms with Crippen molar-refractivity contribution in [2.45, 2.75) is 12.8 Å². The largest absolute Gasteiger partial charge is 0.383 e. The number of aryl methyl sites for hydroxylation is 2. The minimum absolute atomic E-state index is 0.204. The first-order valence-corrected chi connectivity index (χ1v) is 5.19. The molecule has 0 radical (unpaired) electrons. The first-order chi connectivity index (χ1) is 7.75. The molecule has 0 atom stereocenters. The van der Waals surface area contributed by atoms with Crippen LogP contribution in [0.4, 0.5) is 10.2 Å². The van der Waals surface area contributed by atoms with E-state index in [9.17, 15) is 4.39 Å². The summed E-state index contributed by atoms with van der Waals surface area (Å²) in [5.74, 6) is 0.370. The lowest BCUT2D eigenvalue weighted by atomic mass is 10.1. The van der Waals surface area contributed by atoms with Gasteiger partial charge in [-0.25, -0.2) is 9.37 Å². The average Bonchev–Trinajstić information content (AvgIpc) is 2.30. The van der Waals surface area contributed by atoms with Crippen LogP contribution in [0.1, 0.15) is 11.1 Å². The highest BCUT2D eigenvalue weighted by Gasteiger charge is 2.00. The van der Waals surface area contributed by atoms with Gasteiger partial charge in [0, 0.05) is 6.20 Å². The van der Waals surface area contributed by atoms with Crippen molar-refractivity contribution in [1.82, 2.24) is 4.98 Å². The van der Waals surface area contributed by atoms with E-state index in [1.165, 1.54) is 12.1 Å². The van der Waals surface area contributed by atoms with Gasteiger partial charge in [0.2, 0.25) is 0 Å². The molecule has 1 heterocycles. The standard InChI is InChI=1S/C13H13FN2/c14-12-7-4-10(5-8-12)3-6-11-2-1-9-16-13(11)15/h1-2,4-5,7-9H,3,6H2,(H2,15,16). The molecule has 0 bridgehead atoms. The first-order valence-electron chi connectivity index (χ1n) is 5.19. The molecule has 82 valence electrons. The predicted octanol–water partition coefficient (Wildman–Crippen LogP) is 2.59. The number of nitrogens with zero attached hydrogens (tertiary/aromatic N) is 1. The van der Waals surface area contributed by atoms with Crippen LogP contribution in [0, 0.1) is 5.82 Å². The maximum atomic E-state index is 12.7. The molecule has 0 saturated carbocycles. The molecule has 0 unspecified atom stereocenters. The molecule has 3 heteroatoms. The zero-order valence-corrected chi connectivity index (χ0v) is 8.86. The van der Waals surface area contributed by atoms with Gasteiger partial charge in [-0.3, -0.25) is 0 Å². The zero-order chi connectivity index (χ0) is 11.4. The van der Waals surface area contributed by atoms with E-state index in [2.05, 4.69) is 4.98 Å².